The van der Waals surface area contributed by atoms with Gasteiger partial charge in [0.2, 0.25) is 11.8 Å². The molecule has 1 aromatic carbocycles. The van der Waals surface area contributed by atoms with Gasteiger partial charge in [0.25, 0.3) is 10.2 Å². The molecule has 1 saturated carbocycles. The van der Waals surface area contributed by atoms with E-state index in [1.54, 1.807) is 6.20 Å². The van der Waals surface area contributed by atoms with Crippen molar-refractivity contribution in [3.05, 3.63) is 30.5 Å². The standard InChI is InChI=1S/C26H37N5O5S/c1-18-4-8-20(9-5-18)28-26-27-14-24(19-6-10-21(11-7-19)35-22-12-13-34-17-22)25(29-26)36-23-15-31(16-23)37(32,33)30(2)3/h6-7,10-11,14,18,20,22-23H,4-5,8-9,12-13,15-17H2,1-3H3,(H,27,28,29)/t18?,20?,22-/m0/s1. The Hall–Kier alpha value is -2.47. The number of anilines is 1. The van der Waals surface area contributed by atoms with E-state index < -0.39 is 10.2 Å². The number of nitrogens with one attached hydrogen (secondary N) is 1. The van der Waals surface area contributed by atoms with Gasteiger partial charge in [0, 0.05) is 32.8 Å². The largest absolute Gasteiger partial charge is 0.488 e. The van der Waals surface area contributed by atoms with Crippen molar-refractivity contribution in [1.29, 1.82) is 0 Å². The molecule has 3 heterocycles. The predicted octanol–water partition coefficient (Wildman–Crippen LogP) is 3.17. The normalized spacial score (nSPS) is 25.1. The third-order valence-corrected chi connectivity index (χ3v) is 9.21. The van der Waals surface area contributed by atoms with Crippen LogP contribution in [-0.2, 0) is 14.9 Å². The monoisotopic (exact) mass is 531 g/mol. The van der Waals surface area contributed by atoms with Gasteiger partial charge in [-0.25, -0.2) is 4.98 Å². The van der Waals surface area contributed by atoms with Crippen LogP contribution in [0.25, 0.3) is 11.1 Å². The van der Waals surface area contributed by atoms with Gasteiger partial charge in [0.15, 0.2) is 0 Å². The van der Waals surface area contributed by atoms with E-state index in [0.29, 0.717) is 24.5 Å². The highest BCUT2D eigenvalue weighted by atomic mass is 32.2. The second-order valence-corrected chi connectivity index (χ2v) is 12.6. The summed E-state index contributed by atoms with van der Waals surface area (Å²) < 4.78 is 45.1. The van der Waals surface area contributed by atoms with Crippen molar-refractivity contribution in [2.24, 2.45) is 5.92 Å². The molecule has 1 aliphatic carbocycles. The Morgan fingerprint density at radius 1 is 1.03 bits per heavy atom. The number of hydrogen-bond donors (Lipinski definition) is 1. The number of hydrogen-bond acceptors (Lipinski definition) is 8. The van der Waals surface area contributed by atoms with Crippen LogP contribution in [0.4, 0.5) is 5.95 Å². The van der Waals surface area contributed by atoms with Gasteiger partial charge < -0.3 is 19.5 Å². The fourth-order valence-corrected chi connectivity index (χ4v) is 6.05. The average Bonchev–Trinajstić information content (AvgIpc) is 3.36. The molecule has 0 spiro atoms. The van der Waals surface area contributed by atoms with Crippen molar-refractivity contribution in [2.75, 3.05) is 45.7 Å². The molecule has 2 aliphatic heterocycles. The van der Waals surface area contributed by atoms with Crippen LogP contribution >= 0.6 is 0 Å². The molecule has 1 atom stereocenters. The van der Waals surface area contributed by atoms with Crippen LogP contribution in [0.3, 0.4) is 0 Å². The van der Waals surface area contributed by atoms with Crippen LogP contribution in [0.2, 0.25) is 0 Å². The van der Waals surface area contributed by atoms with Gasteiger partial charge in [-0.05, 0) is 49.3 Å². The van der Waals surface area contributed by atoms with Crippen molar-refractivity contribution < 1.29 is 22.6 Å². The van der Waals surface area contributed by atoms with E-state index in [1.807, 2.05) is 24.3 Å². The minimum absolute atomic E-state index is 0.0845. The van der Waals surface area contributed by atoms with E-state index in [4.69, 9.17) is 19.2 Å². The van der Waals surface area contributed by atoms with Crippen molar-refractivity contribution >= 4 is 16.2 Å². The van der Waals surface area contributed by atoms with E-state index in [1.165, 1.54) is 35.5 Å². The summed E-state index contributed by atoms with van der Waals surface area (Å²) in [6, 6.07) is 8.14. The summed E-state index contributed by atoms with van der Waals surface area (Å²) in [7, 11) is -0.394. The molecule has 0 bridgehead atoms. The second-order valence-electron chi connectivity index (χ2n) is 10.5. The lowest BCUT2D eigenvalue weighted by Crippen LogP contribution is -2.58. The highest BCUT2D eigenvalue weighted by Crippen LogP contribution is 2.33. The van der Waals surface area contributed by atoms with Crippen LogP contribution in [-0.4, -0.2) is 85.6 Å². The fourth-order valence-electron chi connectivity index (χ4n) is 4.87. The maximum absolute atomic E-state index is 12.4. The van der Waals surface area contributed by atoms with Crippen molar-refractivity contribution in [2.45, 2.75) is 57.3 Å². The van der Waals surface area contributed by atoms with E-state index in [-0.39, 0.29) is 25.3 Å². The Balaban J connectivity index is 1.33. The van der Waals surface area contributed by atoms with E-state index in [2.05, 4.69) is 17.2 Å². The molecule has 3 aliphatic rings. The number of rotatable bonds is 9. The van der Waals surface area contributed by atoms with E-state index in [0.717, 1.165) is 48.7 Å². The van der Waals surface area contributed by atoms with Crippen molar-refractivity contribution in [3.63, 3.8) is 0 Å². The molecule has 2 saturated heterocycles. The van der Waals surface area contributed by atoms with Gasteiger partial charge in [-0.3, -0.25) is 0 Å². The highest BCUT2D eigenvalue weighted by molar-refractivity contribution is 7.86. The third-order valence-electron chi connectivity index (χ3n) is 7.34. The minimum Gasteiger partial charge on any atom is -0.488 e. The number of benzene rings is 1. The topological polar surface area (TPSA) is 106 Å². The lowest BCUT2D eigenvalue weighted by molar-refractivity contribution is 0.0693. The SMILES string of the molecule is CC1CCC(Nc2ncc(-c3ccc(O[C@H]4CCOC4)cc3)c(OC3CN(S(=O)(=O)N(C)C)C3)n2)CC1. The molecule has 10 nitrogen and oxygen atoms in total. The van der Waals surface area contributed by atoms with Crippen LogP contribution in [0, 0.1) is 5.92 Å². The van der Waals surface area contributed by atoms with Gasteiger partial charge in [0.05, 0.1) is 31.9 Å². The number of ether oxygens (including phenoxy) is 3. The van der Waals surface area contributed by atoms with Crippen LogP contribution in [0.1, 0.15) is 39.0 Å². The number of aromatic nitrogens is 2. The molecular formula is C26H37N5O5S. The first-order valence-electron chi connectivity index (χ1n) is 13.1. The van der Waals surface area contributed by atoms with Gasteiger partial charge in [-0.2, -0.15) is 22.0 Å². The van der Waals surface area contributed by atoms with Crippen LogP contribution < -0.4 is 14.8 Å². The first kappa shape index (κ1) is 26.1. The molecule has 1 N–H and O–H groups in total. The third kappa shape index (κ3) is 6.17. The zero-order chi connectivity index (χ0) is 26.0. The summed E-state index contributed by atoms with van der Waals surface area (Å²) in [5.41, 5.74) is 1.66. The van der Waals surface area contributed by atoms with Crippen molar-refractivity contribution in [3.8, 4) is 22.8 Å². The second kappa shape index (κ2) is 11.1. The van der Waals surface area contributed by atoms with Crippen LogP contribution in [0.5, 0.6) is 11.6 Å². The highest BCUT2D eigenvalue weighted by Gasteiger charge is 2.39. The Kier molecular flexibility index (Phi) is 7.85. The molecule has 11 heteroatoms. The van der Waals surface area contributed by atoms with Gasteiger partial charge in [0.1, 0.15) is 18.0 Å². The van der Waals surface area contributed by atoms with Crippen LogP contribution in [0.15, 0.2) is 30.5 Å². The zero-order valence-electron chi connectivity index (χ0n) is 21.8. The summed E-state index contributed by atoms with van der Waals surface area (Å²) in [5, 5.41) is 3.48. The first-order valence-corrected chi connectivity index (χ1v) is 14.5. The Bertz CT molecular complexity index is 1160. The molecule has 0 radical (unpaired) electrons. The molecule has 5 rings (SSSR count). The lowest BCUT2D eigenvalue weighted by atomic mass is 9.87. The fraction of sp³-hybridized carbons (Fsp3) is 0.615. The van der Waals surface area contributed by atoms with Gasteiger partial charge >= 0.3 is 0 Å². The summed E-state index contributed by atoms with van der Waals surface area (Å²) in [6.07, 6.45) is 7.05. The Labute approximate surface area is 219 Å². The first-order chi connectivity index (χ1) is 17.8. The Morgan fingerprint density at radius 2 is 1.76 bits per heavy atom. The molecule has 0 unspecified atom stereocenters. The zero-order valence-corrected chi connectivity index (χ0v) is 22.6. The minimum atomic E-state index is -3.46. The molecule has 3 fully saturated rings. The number of nitrogens with zero attached hydrogens (tertiary/aromatic N) is 4. The summed E-state index contributed by atoms with van der Waals surface area (Å²) in [4.78, 5) is 9.34. The summed E-state index contributed by atoms with van der Waals surface area (Å²) in [6.45, 7) is 4.20. The molecule has 37 heavy (non-hydrogen) atoms. The van der Waals surface area contributed by atoms with Gasteiger partial charge in [-0.15, -0.1) is 0 Å². The maximum atomic E-state index is 12.4. The quantitative estimate of drug-likeness (QED) is 0.526. The Morgan fingerprint density at radius 3 is 2.41 bits per heavy atom. The lowest BCUT2D eigenvalue weighted by Gasteiger charge is -2.38. The van der Waals surface area contributed by atoms with E-state index >= 15 is 0 Å². The van der Waals surface area contributed by atoms with Crippen molar-refractivity contribution in [1.82, 2.24) is 18.6 Å². The molecule has 2 aromatic rings. The average molecular weight is 532 g/mol. The molecule has 202 valence electrons. The molecular weight excluding hydrogens is 494 g/mol. The van der Waals surface area contributed by atoms with Gasteiger partial charge in [-0.1, -0.05) is 19.1 Å². The summed E-state index contributed by atoms with van der Waals surface area (Å²) in [5.74, 6) is 2.53. The smallest absolute Gasteiger partial charge is 0.281 e. The molecule has 0 amide bonds. The molecule has 1 aromatic heterocycles. The predicted molar refractivity (Wildman–Crippen MR) is 141 cm³/mol. The van der Waals surface area contributed by atoms with E-state index in [9.17, 15) is 8.42 Å². The maximum Gasteiger partial charge on any atom is 0.281 e. The summed E-state index contributed by atoms with van der Waals surface area (Å²) >= 11 is 0.